The molecule has 2 aliphatic rings. The van der Waals surface area contributed by atoms with Crippen molar-refractivity contribution in [2.45, 2.75) is 38.6 Å². The van der Waals surface area contributed by atoms with E-state index in [0.29, 0.717) is 12.6 Å². The first-order chi connectivity index (χ1) is 10.1. The highest BCUT2D eigenvalue weighted by atomic mass is 16.1. The quantitative estimate of drug-likeness (QED) is 0.855. The fourth-order valence-electron chi connectivity index (χ4n) is 2.83. The van der Waals surface area contributed by atoms with E-state index >= 15 is 0 Å². The van der Waals surface area contributed by atoms with Gasteiger partial charge in [-0.05, 0) is 38.5 Å². The van der Waals surface area contributed by atoms with Crippen molar-refractivity contribution in [2.24, 2.45) is 17.6 Å². The normalized spacial score (nSPS) is 25.7. The van der Waals surface area contributed by atoms with Crippen molar-refractivity contribution in [3.63, 3.8) is 0 Å². The molecule has 114 valence electrons. The van der Waals surface area contributed by atoms with Gasteiger partial charge in [0, 0.05) is 25.2 Å². The number of carbonyl (C=O) groups excluding carboxylic acids is 1. The zero-order valence-electron chi connectivity index (χ0n) is 12.5. The van der Waals surface area contributed by atoms with Crippen LogP contribution in [0, 0.1) is 11.8 Å². The maximum absolute atomic E-state index is 11.4. The van der Waals surface area contributed by atoms with Crippen LogP contribution in [0.3, 0.4) is 0 Å². The van der Waals surface area contributed by atoms with E-state index in [1.165, 1.54) is 12.8 Å². The Hall–Kier alpha value is -1.85. The number of nitrogens with zero attached hydrogens (tertiary/aromatic N) is 3. The van der Waals surface area contributed by atoms with Crippen LogP contribution in [0.25, 0.3) is 0 Å². The summed E-state index contributed by atoms with van der Waals surface area (Å²) >= 11 is 0. The molecule has 1 amide bonds. The van der Waals surface area contributed by atoms with Crippen LogP contribution in [0.5, 0.6) is 0 Å². The molecule has 6 nitrogen and oxygen atoms in total. The Kier molecular flexibility index (Phi) is 3.94. The Morgan fingerprint density at radius 2 is 2.19 bits per heavy atom. The molecule has 0 bridgehead atoms. The van der Waals surface area contributed by atoms with Crippen LogP contribution >= 0.6 is 0 Å². The number of nitrogens with one attached hydrogen (secondary N) is 1. The molecule has 3 rings (SSSR count). The second-order valence-corrected chi connectivity index (χ2v) is 6.26. The van der Waals surface area contributed by atoms with Crippen molar-refractivity contribution in [2.75, 3.05) is 23.3 Å². The van der Waals surface area contributed by atoms with E-state index in [0.717, 1.165) is 36.9 Å². The Balaban J connectivity index is 1.71. The van der Waals surface area contributed by atoms with Crippen LogP contribution < -0.4 is 16.0 Å². The molecule has 1 aromatic rings. The summed E-state index contributed by atoms with van der Waals surface area (Å²) in [6, 6.07) is 2.34. The monoisotopic (exact) mass is 289 g/mol. The predicted molar refractivity (Wildman–Crippen MR) is 82.0 cm³/mol. The van der Waals surface area contributed by atoms with Crippen LogP contribution in [0.4, 0.5) is 11.6 Å². The number of primary amides is 1. The van der Waals surface area contributed by atoms with Gasteiger partial charge in [0.25, 0.3) is 0 Å². The van der Waals surface area contributed by atoms with Gasteiger partial charge in [0.15, 0.2) is 0 Å². The van der Waals surface area contributed by atoms with Gasteiger partial charge in [-0.15, -0.1) is 0 Å². The topological polar surface area (TPSA) is 84.1 Å². The van der Waals surface area contributed by atoms with Crippen LogP contribution in [0.15, 0.2) is 12.4 Å². The Labute approximate surface area is 125 Å². The van der Waals surface area contributed by atoms with E-state index in [-0.39, 0.29) is 11.8 Å². The molecule has 0 aromatic carbocycles. The lowest BCUT2D eigenvalue weighted by Gasteiger charge is -2.37. The third kappa shape index (κ3) is 3.43. The minimum Gasteiger partial charge on any atom is -0.370 e. The number of hydrogen-bond acceptors (Lipinski definition) is 5. The van der Waals surface area contributed by atoms with E-state index in [9.17, 15) is 4.79 Å². The smallest absolute Gasteiger partial charge is 0.222 e. The van der Waals surface area contributed by atoms with Gasteiger partial charge in [0.2, 0.25) is 5.91 Å². The standard InChI is InChI=1S/C15H23N5O/c1-10-2-5-12(15(16)21)8-20(10)14-6-13(18-9-19-14)17-7-11-3-4-11/h6,9-12H,2-5,7-8H2,1H3,(H2,16,21)(H,17,18,19)/t10-,12-/m0/s1. The maximum Gasteiger partial charge on any atom is 0.222 e. The van der Waals surface area contributed by atoms with Crippen LogP contribution in [-0.4, -0.2) is 35.0 Å². The van der Waals surface area contributed by atoms with Gasteiger partial charge < -0.3 is 16.0 Å². The Morgan fingerprint density at radius 3 is 2.90 bits per heavy atom. The minimum absolute atomic E-state index is 0.0842. The average Bonchev–Trinajstić information content (AvgIpc) is 3.30. The highest BCUT2D eigenvalue weighted by Gasteiger charge is 2.29. The molecule has 1 saturated heterocycles. The van der Waals surface area contributed by atoms with Gasteiger partial charge in [-0.25, -0.2) is 9.97 Å². The summed E-state index contributed by atoms with van der Waals surface area (Å²) in [4.78, 5) is 22.3. The van der Waals surface area contributed by atoms with Crippen LogP contribution in [0.1, 0.15) is 32.6 Å². The number of amides is 1. The van der Waals surface area contributed by atoms with Gasteiger partial charge >= 0.3 is 0 Å². The first-order valence-corrected chi connectivity index (χ1v) is 7.75. The fraction of sp³-hybridized carbons (Fsp3) is 0.667. The highest BCUT2D eigenvalue weighted by molar-refractivity contribution is 5.77. The van der Waals surface area contributed by atoms with Crippen molar-refractivity contribution in [3.8, 4) is 0 Å². The largest absolute Gasteiger partial charge is 0.370 e. The summed E-state index contributed by atoms with van der Waals surface area (Å²) in [5.74, 6) is 2.24. The van der Waals surface area contributed by atoms with Crippen molar-refractivity contribution in [1.29, 1.82) is 0 Å². The minimum atomic E-state index is -0.215. The molecule has 0 spiro atoms. The maximum atomic E-state index is 11.4. The van der Waals surface area contributed by atoms with Crippen LogP contribution in [-0.2, 0) is 4.79 Å². The van der Waals surface area contributed by atoms with Crippen LogP contribution in [0.2, 0.25) is 0 Å². The number of nitrogens with two attached hydrogens (primary N) is 1. The molecular formula is C15H23N5O. The molecule has 6 heteroatoms. The zero-order chi connectivity index (χ0) is 14.8. The molecule has 0 radical (unpaired) electrons. The van der Waals surface area contributed by atoms with E-state index in [2.05, 4.69) is 27.1 Å². The van der Waals surface area contributed by atoms with E-state index < -0.39 is 0 Å². The van der Waals surface area contributed by atoms with Gasteiger partial charge in [0.05, 0.1) is 5.92 Å². The first-order valence-electron chi connectivity index (χ1n) is 7.75. The van der Waals surface area contributed by atoms with Gasteiger partial charge in [-0.3, -0.25) is 4.79 Å². The lowest BCUT2D eigenvalue weighted by molar-refractivity contribution is -0.122. The third-order valence-electron chi connectivity index (χ3n) is 4.50. The molecule has 1 aliphatic heterocycles. The molecule has 21 heavy (non-hydrogen) atoms. The summed E-state index contributed by atoms with van der Waals surface area (Å²) in [7, 11) is 0. The summed E-state index contributed by atoms with van der Waals surface area (Å²) in [6.07, 6.45) is 6.04. The summed E-state index contributed by atoms with van der Waals surface area (Å²) < 4.78 is 0. The molecule has 1 aromatic heterocycles. The Bertz CT molecular complexity index is 517. The van der Waals surface area contributed by atoms with Crippen molar-refractivity contribution in [1.82, 2.24) is 9.97 Å². The molecule has 0 unspecified atom stereocenters. The van der Waals surface area contributed by atoms with Gasteiger partial charge in [0.1, 0.15) is 18.0 Å². The number of carbonyl (C=O) groups is 1. The van der Waals surface area contributed by atoms with Gasteiger partial charge in [-0.1, -0.05) is 0 Å². The average molecular weight is 289 g/mol. The SMILES string of the molecule is C[C@H]1CC[C@H](C(N)=O)CN1c1cc(NCC2CC2)ncn1. The zero-order valence-corrected chi connectivity index (χ0v) is 12.5. The molecular weight excluding hydrogens is 266 g/mol. The van der Waals surface area contributed by atoms with Crippen molar-refractivity contribution < 1.29 is 4.79 Å². The lowest BCUT2D eigenvalue weighted by Crippen LogP contribution is -2.46. The molecule has 3 N–H and O–H groups in total. The Morgan fingerprint density at radius 1 is 1.38 bits per heavy atom. The first kappa shape index (κ1) is 14.1. The van der Waals surface area contributed by atoms with E-state index in [1.807, 2.05) is 6.07 Å². The molecule has 2 heterocycles. The predicted octanol–water partition coefficient (Wildman–Crippen LogP) is 1.39. The molecule has 2 fully saturated rings. The number of rotatable bonds is 5. The number of piperidine rings is 1. The van der Waals surface area contributed by atoms with E-state index in [1.54, 1.807) is 6.33 Å². The summed E-state index contributed by atoms with van der Waals surface area (Å²) in [6.45, 7) is 3.79. The molecule has 2 atom stereocenters. The van der Waals surface area contributed by atoms with Crippen molar-refractivity contribution >= 4 is 17.5 Å². The summed E-state index contributed by atoms with van der Waals surface area (Å²) in [5.41, 5.74) is 5.46. The highest BCUT2D eigenvalue weighted by Crippen LogP contribution is 2.30. The number of aromatic nitrogens is 2. The fourth-order valence-corrected chi connectivity index (χ4v) is 2.83. The molecule has 1 aliphatic carbocycles. The second kappa shape index (κ2) is 5.87. The third-order valence-corrected chi connectivity index (χ3v) is 4.50. The summed E-state index contributed by atoms with van der Waals surface area (Å²) in [5, 5.41) is 3.37. The van der Waals surface area contributed by atoms with Crippen molar-refractivity contribution in [3.05, 3.63) is 12.4 Å². The van der Waals surface area contributed by atoms with E-state index in [4.69, 9.17) is 5.73 Å². The molecule has 1 saturated carbocycles. The lowest BCUT2D eigenvalue weighted by atomic mass is 9.93. The number of anilines is 2. The second-order valence-electron chi connectivity index (χ2n) is 6.26. The number of hydrogen-bond donors (Lipinski definition) is 2. The van der Waals surface area contributed by atoms with Gasteiger partial charge in [-0.2, -0.15) is 0 Å².